The van der Waals surface area contributed by atoms with Gasteiger partial charge in [0.05, 0.1) is 0 Å². The molecule has 2 rings (SSSR count). The highest BCUT2D eigenvalue weighted by Crippen LogP contribution is 2.54. The molecular weight excluding hydrogens is 283 g/mol. The lowest BCUT2D eigenvalue weighted by atomic mass is 9.80. The molecule has 0 heterocycles. The Bertz CT molecular complexity index is 381. The predicted octanol–water partition coefficient (Wildman–Crippen LogP) is 3.94. The topological polar surface area (TPSA) is 26.3 Å². The largest absolute Gasteiger partial charge is 0.443 e. The number of carbonyl (C=O) groups excluding carboxylic acids is 1. The minimum Gasteiger partial charge on any atom is -0.443 e. The zero-order valence-electron chi connectivity index (χ0n) is 11.1. The summed E-state index contributed by atoms with van der Waals surface area (Å²) in [4.78, 5) is 10.9. The molecule has 7 heteroatoms. The van der Waals surface area contributed by atoms with Gasteiger partial charge in [0, 0.05) is 13.3 Å². The van der Waals surface area contributed by atoms with Gasteiger partial charge in [-0.25, -0.2) is 8.78 Å². The fourth-order valence-electron chi connectivity index (χ4n) is 3.75. The highest BCUT2D eigenvalue weighted by Gasteiger charge is 2.66. The first-order valence-corrected chi connectivity index (χ1v) is 6.70. The van der Waals surface area contributed by atoms with Crippen LogP contribution in [0.2, 0.25) is 0 Å². The first-order valence-electron chi connectivity index (χ1n) is 6.70. The second kappa shape index (κ2) is 5.15. The van der Waals surface area contributed by atoms with Crippen LogP contribution >= 0.6 is 0 Å². The fourth-order valence-corrected chi connectivity index (χ4v) is 3.75. The van der Waals surface area contributed by atoms with Crippen molar-refractivity contribution < 1.29 is 31.5 Å². The number of alkyl halides is 5. The fraction of sp³-hybridized carbons (Fsp3) is 0.923. The van der Waals surface area contributed by atoms with Crippen LogP contribution < -0.4 is 0 Å². The molecule has 2 nitrogen and oxygen atoms in total. The van der Waals surface area contributed by atoms with Crippen LogP contribution in [0.1, 0.15) is 39.0 Å². The van der Waals surface area contributed by atoms with E-state index in [1.807, 2.05) is 0 Å². The second-order valence-corrected chi connectivity index (χ2v) is 5.92. The Labute approximate surface area is 113 Å². The molecule has 4 unspecified atom stereocenters. The van der Waals surface area contributed by atoms with Crippen molar-refractivity contribution in [2.24, 2.45) is 17.8 Å². The zero-order chi connectivity index (χ0) is 15.1. The summed E-state index contributed by atoms with van der Waals surface area (Å²) in [7, 11) is 0. The Morgan fingerprint density at radius 3 is 2.25 bits per heavy atom. The van der Waals surface area contributed by atoms with Crippen molar-refractivity contribution in [1.82, 2.24) is 0 Å². The normalized spacial score (nSPS) is 32.5. The Balaban J connectivity index is 2.23. The molecule has 0 radical (unpaired) electrons. The number of hydrogen-bond donors (Lipinski definition) is 0. The van der Waals surface area contributed by atoms with Crippen LogP contribution in [0.25, 0.3) is 0 Å². The van der Waals surface area contributed by atoms with Crippen LogP contribution in [-0.2, 0) is 9.53 Å². The average Bonchev–Trinajstić information content (AvgIpc) is 2.87. The molecule has 2 bridgehead atoms. The smallest absolute Gasteiger partial charge is 0.434 e. The molecular formula is C13H17F5O2. The molecule has 116 valence electrons. The molecule has 2 fully saturated rings. The van der Waals surface area contributed by atoms with E-state index in [1.54, 1.807) is 0 Å². The van der Waals surface area contributed by atoms with Gasteiger partial charge in [-0.2, -0.15) is 13.2 Å². The maximum atomic E-state index is 13.1. The van der Waals surface area contributed by atoms with Crippen molar-refractivity contribution in [3.8, 4) is 0 Å². The summed E-state index contributed by atoms with van der Waals surface area (Å²) in [5.74, 6) is -1.38. The van der Waals surface area contributed by atoms with E-state index in [-0.39, 0.29) is 5.92 Å². The summed E-state index contributed by atoms with van der Waals surface area (Å²) in [5, 5.41) is 0. The first kappa shape index (κ1) is 15.5. The molecule has 0 aliphatic heterocycles. The molecule has 2 aliphatic rings. The molecule has 0 aromatic carbocycles. The zero-order valence-corrected chi connectivity index (χ0v) is 11.1. The summed E-state index contributed by atoms with van der Waals surface area (Å²) in [6.07, 6.45) is -6.79. The third kappa shape index (κ3) is 2.63. The highest BCUT2D eigenvalue weighted by atomic mass is 19.4. The van der Waals surface area contributed by atoms with E-state index in [0.717, 1.165) is 26.2 Å². The molecule has 0 N–H and O–H groups in total. The van der Waals surface area contributed by atoms with E-state index >= 15 is 0 Å². The Hall–Kier alpha value is -0.880. The van der Waals surface area contributed by atoms with Crippen molar-refractivity contribution >= 4 is 5.97 Å². The summed E-state index contributed by atoms with van der Waals surface area (Å²) >= 11 is 0. The van der Waals surface area contributed by atoms with E-state index in [4.69, 9.17) is 0 Å². The number of halogens is 5. The first-order chi connectivity index (χ1) is 9.15. The molecule has 2 aliphatic carbocycles. The minimum absolute atomic E-state index is 0.0519. The van der Waals surface area contributed by atoms with Gasteiger partial charge < -0.3 is 4.74 Å². The maximum Gasteiger partial charge on any atom is 0.434 e. The molecule has 2 saturated carbocycles. The van der Waals surface area contributed by atoms with Gasteiger partial charge in [0.1, 0.15) is 0 Å². The van der Waals surface area contributed by atoms with Gasteiger partial charge in [-0.05, 0) is 37.0 Å². The molecule has 0 saturated heterocycles. The van der Waals surface area contributed by atoms with Crippen LogP contribution in [0.15, 0.2) is 0 Å². The van der Waals surface area contributed by atoms with E-state index in [0.29, 0.717) is 12.3 Å². The summed E-state index contributed by atoms with van der Waals surface area (Å²) in [6.45, 7) is 0.726. The third-order valence-electron chi connectivity index (χ3n) is 4.61. The lowest BCUT2D eigenvalue weighted by Gasteiger charge is -2.37. The lowest BCUT2D eigenvalue weighted by molar-refractivity contribution is -0.310. The molecule has 4 atom stereocenters. The monoisotopic (exact) mass is 300 g/mol. The Kier molecular flexibility index (Phi) is 3.99. The molecule has 0 amide bonds. The Morgan fingerprint density at radius 2 is 1.90 bits per heavy atom. The van der Waals surface area contributed by atoms with Gasteiger partial charge in [-0.3, -0.25) is 4.79 Å². The highest BCUT2D eigenvalue weighted by molar-refractivity contribution is 5.66. The number of fused-ring (bicyclic) bond motifs is 2. The van der Waals surface area contributed by atoms with E-state index < -0.39 is 36.5 Å². The third-order valence-corrected chi connectivity index (χ3v) is 4.61. The molecule has 20 heavy (non-hydrogen) atoms. The van der Waals surface area contributed by atoms with Gasteiger partial charge in [0.2, 0.25) is 0 Å². The van der Waals surface area contributed by atoms with Crippen molar-refractivity contribution in [1.29, 1.82) is 0 Å². The summed E-state index contributed by atoms with van der Waals surface area (Å²) in [5.41, 5.74) is -3.66. The molecule has 0 aromatic rings. The van der Waals surface area contributed by atoms with Gasteiger partial charge in [-0.15, -0.1) is 0 Å². The molecule has 0 aromatic heterocycles. The van der Waals surface area contributed by atoms with Crippen LogP contribution in [0.3, 0.4) is 0 Å². The van der Waals surface area contributed by atoms with E-state index in [9.17, 15) is 26.7 Å². The summed E-state index contributed by atoms with van der Waals surface area (Å²) in [6, 6.07) is 0. The Morgan fingerprint density at radius 1 is 1.25 bits per heavy atom. The van der Waals surface area contributed by atoms with E-state index in [2.05, 4.69) is 4.74 Å². The van der Waals surface area contributed by atoms with Gasteiger partial charge in [-0.1, -0.05) is 6.42 Å². The van der Waals surface area contributed by atoms with E-state index in [1.165, 1.54) is 0 Å². The van der Waals surface area contributed by atoms with Crippen LogP contribution in [0.4, 0.5) is 22.0 Å². The van der Waals surface area contributed by atoms with Crippen molar-refractivity contribution in [3.63, 3.8) is 0 Å². The summed E-state index contributed by atoms with van der Waals surface area (Å²) < 4.78 is 69.7. The predicted molar refractivity (Wildman–Crippen MR) is 60.1 cm³/mol. The second-order valence-electron chi connectivity index (χ2n) is 5.92. The van der Waals surface area contributed by atoms with Crippen molar-refractivity contribution in [2.75, 3.05) is 0 Å². The number of hydrogen-bond acceptors (Lipinski definition) is 2. The van der Waals surface area contributed by atoms with Crippen LogP contribution in [0.5, 0.6) is 0 Å². The van der Waals surface area contributed by atoms with Gasteiger partial charge >= 0.3 is 12.1 Å². The average molecular weight is 300 g/mol. The van der Waals surface area contributed by atoms with Crippen LogP contribution in [-0.4, -0.2) is 24.2 Å². The minimum atomic E-state index is -5.27. The SMILES string of the molecule is CC(=O)OC(CC1CC2CCC1C2)(C(F)F)C(F)(F)F. The van der Waals surface area contributed by atoms with Gasteiger partial charge in [0.25, 0.3) is 12.0 Å². The van der Waals surface area contributed by atoms with Gasteiger partial charge in [0.15, 0.2) is 0 Å². The quantitative estimate of drug-likeness (QED) is 0.580. The lowest BCUT2D eigenvalue weighted by Crippen LogP contribution is -2.55. The molecule has 0 spiro atoms. The van der Waals surface area contributed by atoms with Crippen molar-refractivity contribution in [3.05, 3.63) is 0 Å². The van der Waals surface area contributed by atoms with Crippen molar-refractivity contribution in [2.45, 2.75) is 57.2 Å². The van der Waals surface area contributed by atoms with Crippen LogP contribution in [0, 0.1) is 17.8 Å². The number of rotatable bonds is 4. The number of ether oxygens (including phenoxy) is 1. The standard InChI is InChI=1S/C13H17F5O2/c1-7(19)20-12(11(14)15,13(16,17)18)6-10-5-8-2-3-9(10)4-8/h8-11H,2-6H2,1H3. The number of esters is 1. The maximum absolute atomic E-state index is 13.1. The number of carbonyl (C=O) groups is 1.